The maximum Gasteiger partial charge on any atom is 0.162 e. The van der Waals surface area contributed by atoms with Gasteiger partial charge in [0.15, 0.2) is 5.78 Å². The fourth-order valence-corrected chi connectivity index (χ4v) is 5.99. The number of ketones is 1. The Kier molecular flexibility index (Phi) is 3.40. The topological polar surface area (TPSA) is 17.1 Å². The van der Waals surface area contributed by atoms with Gasteiger partial charge >= 0.3 is 0 Å². The van der Waals surface area contributed by atoms with E-state index in [1.54, 1.807) is 0 Å². The van der Waals surface area contributed by atoms with Gasteiger partial charge in [-0.3, -0.25) is 4.79 Å². The Bertz CT molecular complexity index is 481. The summed E-state index contributed by atoms with van der Waals surface area (Å²) in [6.45, 7) is 0. The zero-order chi connectivity index (χ0) is 14.3. The molecule has 0 aliphatic heterocycles. The van der Waals surface area contributed by atoms with Crippen molar-refractivity contribution in [1.29, 1.82) is 0 Å². The maximum atomic E-state index is 12.2. The zero-order valence-corrected chi connectivity index (χ0v) is 12.9. The molecule has 0 amide bonds. The Labute approximate surface area is 128 Å². The van der Waals surface area contributed by atoms with E-state index in [2.05, 4.69) is 0 Å². The van der Waals surface area contributed by atoms with E-state index >= 15 is 0 Å². The van der Waals surface area contributed by atoms with Crippen molar-refractivity contribution in [3.05, 3.63) is 35.9 Å². The number of hydrogen-bond donors (Lipinski definition) is 0. The number of hydrogen-bond acceptors (Lipinski definition) is 1. The van der Waals surface area contributed by atoms with Gasteiger partial charge in [-0.25, -0.2) is 0 Å². The van der Waals surface area contributed by atoms with Gasteiger partial charge in [0.25, 0.3) is 0 Å². The van der Waals surface area contributed by atoms with Crippen LogP contribution in [0.3, 0.4) is 0 Å². The van der Waals surface area contributed by atoms with Gasteiger partial charge in [0.2, 0.25) is 0 Å². The number of carbonyl (C=O) groups excluding carboxylic acids is 1. The largest absolute Gasteiger partial charge is 0.294 e. The van der Waals surface area contributed by atoms with Crippen LogP contribution in [-0.2, 0) is 0 Å². The first-order valence-corrected chi connectivity index (χ1v) is 8.81. The zero-order valence-electron chi connectivity index (χ0n) is 12.9. The van der Waals surface area contributed by atoms with E-state index in [1.807, 2.05) is 30.3 Å². The lowest BCUT2D eigenvalue weighted by Gasteiger charge is -2.57. The number of Topliss-reactive ketones (excluding diaryl/α,β-unsaturated/α-hetero) is 1. The molecule has 1 heteroatoms. The van der Waals surface area contributed by atoms with Crippen molar-refractivity contribution in [2.75, 3.05) is 0 Å². The monoisotopic (exact) mass is 282 g/mol. The van der Waals surface area contributed by atoms with Gasteiger partial charge in [0, 0.05) is 12.0 Å². The Morgan fingerprint density at radius 3 is 2.10 bits per heavy atom. The molecule has 0 radical (unpaired) electrons. The summed E-state index contributed by atoms with van der Waals surface area (Å²) in [5.41, 5.74) is 1.52. The summed E-state index contributed by atoms with van der Waals surface area (Å²) in [6.07, 6.45) is 12.1. The molecule has 4 bridgehead atoms. The van der Waals surface area contributed by atoms with Crippen LogP contribution in [0.25, 0.3) is 0 Å². The molecule has 0 aromatic heterocycles. The lowest BCUT2D eigenvalue weighted by Crippen LogP contribution is -2.45. The van der Waals surface area contributed by atoms with Crippen LogP contribution >= 0.6 is 0 Å². The van der Waals surface area contributed by atoms with Crippen LogP contribution in [0.5, 0.6) is 0 Å². The Morgan fingerprint density at radius 1 is 0.952 bits per heavy atom. The van der Waals surface area contributed by atoms with Crippen LogP contribution < -0.4 is 0 Å². The summed E-state index contributed by atoms with van der Waals surface area (Å²) in [7, 11) is 0. The molecule has 0 heterocycles. The molecule has 0 spiro atoms. The minimum atomic E-state index is 0.334. The molecule has 0 unspecified atom stereocenters. The van der Waals surface area contributed by atoms with Crippen LogP contribution in [0, 0.1) is 23.2 Å². The van der Waals surface area contributed by atoms with Crippen molar-refractivity contribution >= 4 is 5.78 Å². The van der Waals surface area contributed by atoms with Crippen LogP contribution in [-0.4, -0.2) is 5.78 Å². The Hall–Kier alpha value is -1.11. The molecule has 0 atom stereocenters. The van der Waals surface area contributed by atoms with Crippen molar-refractivity contribution < 1.29 is 4.79 Å². The average Bonchev–Trinajstić information content (AvgIpc) is 2.46. The lowest BCUT2D eigenvalue weighted by molar-refractivity contribution is -0.0580. The smallest absolute Gasteiger partial charge is 0.162 e. The first kappa shape index (κ1) is 13.5. The predicted molar refractivity (Wildman–Crippen MR) is 85.2 cm³/mol. The second-order valence-corrected chi connectivity index (χ2v) is 8.06. The molecule has 4 aliphatic rings. The molecule has 4 fully saturated rings. The fraction of sp³-hybridized carbons (Fsp3) is 0.650. The van der Waals surface area contributed by atoms with Gasteiger partial charge in [0.1, 0.15) is 0 Å². The molecule has 1 nitrogen and oxygen atoms in total. The van der Waals surface area contributed by atoms with Crippen LogP contribution in [0.4, 0.5) is 0 Å². The molecule has 5 rings (SSSR count). The lowest BCUT2D eigenvalue weighted by atomic mass is 9.48. The van der Waals surface area contributed by atoms with Crippen molar-refractivity contribution in [1.82, 2.24) is 0 Å². The minimum absolute atomic E-state index is 0.334. The van der Waals surface area contributed by atoms with Gasteiger partial charge < -0.3 is 0 Å². The Balaban J connectivity index is 1.34. The van der Waals surface area contributed by atoms with E-state index < -0.39 is 0 Å². The third-order valence-corrected chi connectivity index (χ3v) is 6.37. The summed E-state index contributed by atoms with van der Waals surface area (Å²) in [6, 6.07) is 9.81. The molecule has 1 aromatic rings. The highest BCUT2D eigenvalue weighted by atomic mass is 16.1. The van der Waals surface area contributed by atoms with Crippen molar-refractivity contribution in [2.24, 2.45) is 23.2 Å². The summed E-state index contributed by atoms with van der Waals surface area (Å²) >= 11 is 0. The maximum absolute atomic E-state index is 12.2. The molecule has 1 aromatic carbocycles. The van der Waals surface area contributed by atoms with E-state index in [9.17, 15) is 4.79 Å². The fourth-order valence-electron chi connectivity index (χ4n) is 5.99. The summed E-state index contributed by atoms with van der Waals surface area (Å²) in [4.78, 5) is 12.2. The van der Waals surface area contributed by atoms with Crippen molar-refractivity contribution in [3.63, 3.8) is 0 Å². The third kappa shape index (κ3) is 2.67. The highest BCUT2D eigenvalue weighted by Crippen LogP contribution is 2.61. The molecule has 0 saturated heterocycles. The number of carbonyl (C=O) groups is 1. The molecule has 4 aliphatic carbocycles. The van der Waals surface area contributed by atoms with Gasteiger partial charge in [-0.05, 0) is 74.5 Å². The first-order chi connectivity index (χ1) is 10.2. The standard InChI is InChI=1S/C20H26O/c21-19(18-5-2-1-3-6-18)7-4-8-20-12-15-9-16(13-20)11-17(10-15)14-20/h1-3,5-6,15-17H,4,7-14H2. The molecular formula is C20H26O. The molecular weight excluding hydrogens is 256 g/mol. The van der Waals surface area contributed by atoms with Crippen molar-refractivity contribution in [3.8, 4) is 0 Å². The number of benzene rings is 1. The normalized spacial score (nSPS) is 36.9. The van der Waals surface area contributed by atoms with Gasteiger partial charge in [-0.15, -0.1) is 0 Å². The second-order valence-electron chi connectivity index (χ2n) is 8.06. The van der Waals surface area contributed by atoms with Crippen molar-refractivity contribution in [2.45, 2.75) is 57.8 Å². The molecule has 0 N–H and O–H groups in total. The predicted octanol–water partition coefficient (Wildman–Crippen LogP) is 5.26. The van der Waals surface area contributed by atoms with Crippen LogP contribution in [0.1, 0.15) is 68.1 Å². The Morgan fingerprint density at radius 2 is 1.52 bits per heavy atom. The molecule has 21 heavy (non-hydrogen) atoms. The highest BCUT2D eigenvalue weighted by molar-refractivity contribution is 5.95. The van der Waals surface area contributed by atoms with Crippen LogP contribution in [0.15, 0.2) is 30.3 Å². The third-order valence-electron chi connectivity index (χ3n) is 6.37. The van der Waals surface area contributed by atoms with Gasteiger partial charge in [0.05, 0.1) is 0 Å². The van der Waals surface area contributed by atoms with E-state index in [1.165, 1.54) is 44.9 Å². The average molecular weight is 282 g/mol. The summed E-state index contributed by atoms with van der Waals surface area (Å²) < 4.78 is 0. The second kappa shape index (κ2) is 5.26. The SMILES string of the molecule is O=C(CCCC12CC3CC(CC(C3)C1)C2)c1ccccc1. The van der Waals surface area contributed by atoms with E-state index in [-0.39, 0.29) is 0 Å². The van der Waals surface area contributed by atoms with Gasteiger partial charge in [-0.2, -0.15) is 0 Å². The molecule has 4 saturated carbocycles. The minimum Gasteiger partial charge on any atom is -0.294 e. The van der Waals surface area contributed by atoms with E-state index in [4.69, 9.17) is 0 Å². The summed E-state index contributed by atoms with van der Waals surface area (Å²) in [5, 5.41) is 0. The van der Waals surface area contributed by atoms with Gasteiger partial charge in [-0.1, -0.05) is 30.3 Å². The van der Waals surface area contributed by atoms with E-state index in [0.29, 0.717) is 11.2 Å². The highest BCUT2D eigenvalue weighted by Gasteiger charge is 2.50. The van der Waals surface area contributed by atoms with Crippen LogP contribution in [0.2, 0.25) is 0 Å². The summed E-state index contributed by atoms with van der Waals surface area (Å²) in [5.74, 6) is 3.42. The quantitative estimate of drug-likeness (QED) is 0.674. The first-order valence-electron chi connectivity index (χ1n) is 8.81. The number of rotatable bonds is 5. The van der Waals surface area contributed by atoms with E-state index in [0.717, 1.165) is 36.2 Å². The molecule has 112 valence electrons.